The van der Waals surface area contributed by atoms with Crippen LogP contribution in [0, 0.1) is 11.8 Å². The zero-order valence-electron chi connectivity index (χ0n) is 10.9. The maximum Gasteiger partial charge on any atom is 0.311 e. The van der Waals surface area contributed by atoms with Gasteiger partial charge in [-0.2, -0.15) is 0 Å². The highest BCUT2D eigenvalue weighted by Crippen LogP contribution is 2.09. The van der Waals surface area contributed by atoms with E-state index in [1.54, 1.807) is 13.8 Å². The largest absolute Gasteiger partial charge is 0.481 e. The summed E-state index contributed by atoms with van der Waals surface area (Å²) in [6.07, 6.45) is -2.32. The van der Waals surface area contributed by atoms with Crippen molar-refractivity contribution in [3.63, 3.8) is 0 Å². The fraction of sp³-hybridized carbons (Fsp3) is 0.818. The molecule has 0 heterocycles. The van der Waals surface area contributed by atoms with Crippen LogP contribution in [-0.2, 0) is 9.59 Å². The topological polar surface area (TPSA) is 156 Å². The second-order valence-electron chi connectivity index (χ2n) is 3.91. The van der Waals surface area contributed by atoms with Gasteiger partial charge in [0.25, 0.3) is 0 Å². The van der Waals surface area contributed by atoms with E-state index in [2.05, 4.69) is 0 Å². The molecule has 19 heavy (non-hydrogen) atoms. The van der Waals surface area contributed by atoms with Gasteiger partial charge in [0, 0.05) is 0 Å². The summed E-state index contributed by atoms with van der Waals surface area (Å²) in [4.78, 5) is 20.3. The van der Waals surface area contributed by atoms with Crippen LogP contribution < -0.4 is 0 Å². The lowest BCUT2D eigenvalue weighted by Crippen LogP contribution is -2.27. The van der Waals surface area contributed by atoms with Crippen molar-refractivity contribution in [2.75, 3.05) is 0 Å². The fourth-order valence-electron chi connectivity index (χ4n) is 1.22. The third kappa shape index (κ3) is 9.37. The standard InChI is InChI=1S/C6H12O4.C5H10O4/c1-2-3-4(5(7)8)6(9)10;1-2-3(4(6)7)5(8)9/h4-5,7-8H,2-3H2,1H3,(H,9,10);3-4,6-7H,2H2,1H3,(H,8,9). The smallest absolute Gasteiger partial charge is 0.311 e. The van der Waals surface area contributed by atoms with Gasteiger partial charge in [-0.05, 0) is 12.8 Å². The second-order valence-corrected chi connectivity index (χ2v) is 3.91. The molecule has 0 radical (unpaired) electrons. The molecule has 0 bridgehead atoms. The lowest BCUT2D eigenvalue weighted by molar-refractivity contribution is -0.160. The molecule has 8 heteroatoms. The zero-order valence-corrected chi connectivity index (χ0v) is 10.9. The predicted octanol–water partition coefficient (Wildman–Crippen LogP) is -0.794. The van der Waals surface area contributed by atoms with E-state index in [-0.39, 0.29) is 6.42 Å². The van der Waals surface area contributed by atoms with Gasteiger partial charge in [0.2, 0.25) is 0 Å². The van der Waals surface area contributed by atoms with Crippen LogP contribution >= 0.6 is 0 Å². The first-order chi connectivity index (χ1) is 8.68. The molecule has 2 unspecified atom stereocenters. The van der Waals surface area contributed by atoms with E-state index in [9.17, 15) is 9.59 Å². The molecule has 0 saturated carbocycles. The zero-order chi connectivity index (χ0) is 15.6. The summed E-state index contributed by atoms with van der Waals surface area (Å²) in [6, 6.07) is 0. The van der Waals surface area contributed by atoms with E-state index in [1.165, 1.54) is 0 Å². The Morgan fingerprint density at radius 2 is 1.21 bits per heavy atom. The van der Waals surface area contributed by atoms with Crippen molar-refractivity contribution >= 4 is 11.9 Å². The number of carbonyl (C=O) groups is 2. The van der Waals surface area contributed by atoms with Gasteiger partial charge >= 0.3 is 11.9 Å². The lowest BCUT2D eigenvalue weighted by atomic mass is 10.0. The van der Waals surface area contributed by atoms with Gasteiger partial charge in [0.15, 0.2) is 12.6 Å². The monoisotopic (exact) mass is 282 g/mol. The first-order valence-electron chi connectivity index (χ1n) is 5.86. The molecule has 114 valence electrons. The van der Waals surface area contributed by atoms with E-state index in [1.807, 2.05) is 0 Å². The Hall–Kier alpha value is -1.22. The summed E-state index contributed by atoms with van der Waals surface area (Å²) >= 11 is 0. The number of aliphatic hydroxyl groups is 4. The van der Waals surface area contributed by atoms with E-state index in [4.69, 9.17) is 30.6 Å². The van der Waals surface area contributed by atoms with Crippen molar-refractivity contribution in [3.05, 3.63) is 0 Å². The molecule has 2 atom stereocenters. The summed E-state index contributed by atoms with van der Waals surface area (Å²) in [7, 11) is 0. The molecule has 6 N–H and O–H groups in total. The molecule has 8 nitrogen and oxygen atoms in total. The first-order valence-corrected chi connectivity index (χ1v) is 5.86. The Kier molecular flexibility index (Phi) is 11.3. The Morgan fingerprint density at radius 3 is 1.26 bits per heavy atom. The summed E-state index contributed by atoms with van der Waals surface area (Å²) in [5, 5.41) is 50.3. The highest BCUT2D eigenvalue weighted by Gasteiger charge is 2.23. The molecule has 0 amide bonds. The van der Waals surface area contributed by atoms with Crippen molar-refractivity contribution in [1.29, 1.82) is 0 Å². The Balaban J connectivity index is 0. The first kappa shape index (κ1) is 20.1. The van der Waals surface area contributed by atoms with Crippen LogP contribution in [0.5, 0.6) is 0 Å². The highest BCUT2D eigenvalue weighted by atomic mass is 16.5. The number of aliphatic carboxylic acids is 2. The van der Waals surface area contributed by atoms with Crippen LogP contribution in [0.25, 0.3) is 0 Å². The maximum atomic E-state index is 10.2. The van der Waals surface area contributed by atoms with Gasteiger partial charge in [-0.25, -0.2) is 0 Å². The van der Waals surface area contributed by atoms with Crippen LogP contribution in [-0.4, -0.2) is 55.2 Å². The summed E-state index contributed by atoms with van der Waals surface area (Å²) in [6.45, 7) is 3.37. The molecule has 0 spiro atoms. The van der Waals surface area contributed by atoms with Crippen molar-refractivity contribution in [3.8, 4) is 0 Å². The average Bonchev–Trinajstić information content (AvgIpc) is 2.25. The molecular formula is C11H22O8. The Bertz CT molecular complexity index is 263. The number of rotatable bonds is 7. The van der Waals surface area contributed by atoms with Gasteiger partial charge in [-0.1, -0.05) is 20.3 Å². The highest BCUT2D eigenvalue weighted by molar-refractivity contribution is 5.70. The van der Waals surface area contributed by atoms with Crippen LogP contribution in [0.3, 0.4) is 0 Å². The summed E-state index contributed by atoms with van der Waals surface area (Å²) in [5.74, 6) is -4.42. The number of hydrogen-bond donors (Lipinski definition) is 6. The molecule has 0 saturated heterocycles. The third-order valence-electron chi connectivity index (χ3n) is 2.39. The van der Waals surface area contributed by atoms with Crippen LogP contribution in [0.15, 0.2) is 0 Å². The fourth-order valence-corrected chi connectivity index (χ4v) is 1.22. The lowest BCUT2D eigenvalue weighted by Gasteiger charge is -2.11. The van der Waals surface area contributed by atoms with Gasteiger partial charge in [0.05, 0.1) is 0 Å². The molecule has 0 aromatic heterocycles. The van der Waals surface area contributed by atoms with Crippen molar-refractivity contribution in [2.24, 2.45) is 11.8 Å². The number of hydrogen-bond acceptors (Lipinski definition) is 6. The Labute approximate surface area is 110 Å². The van der Waals surface area contributed by atoms with E-state index in [0.717, 1.165) is 0 Å². The third-order valence-corrected chi connectivity index (χ3v) is 2.39. The van der Waals surface area contributed by atoms with Gasteiger partial charge in [-0.15, -0.1) is 0 Å². The van der Waals surface area contributed by atoms with E-state index in [0.29, 0.717) is 12.8 Å². The molecule has 0 aromatic carbocycles. The van der Waals surface area contributed by atoms with Crippen molar-refractivity contribution in [1.82, 2.24) is 0 Å². The molecular weight excluding hydrogens is 260 g/mol. The summed E-state index contributed by atoms with van der Waals surface area (Å²) < 4.78 is 0. The van der Waals surface area contributed by atoms with Crippen molar-refractivity contribution in [2.45, 2.75) is 45.7 Å². The number of carboxylic acids is 2. The minimum absolute atomic E-state index is 0.229. The maximum absolute atomic E-state index is 10.2. The van der Waals surface area contributed by atoms with Crippen molar-refractivity contribution < 1.29 is 40.2 Å². The predicted molar refractivity (Wildman–Crippen MR) is 63.9 cm³/mol. The van der Waals surface area contributed by atoms with E-state index >= 15 is 0 Å². The normalized spacial score (nSPS) is 13.7. The SMILES string of the molecule is CCC(C(=O)O)C(O)O.CCCC(C(=O)O)C(O)O. The Morgan fingerprint density at radius 1 is 0.842 bits per heavy atom. The molecule has 0 aliphatic rings. The minimum atomic E-state index is -1.74. The molecule has 0 fully saturated rings. The minimum Gasteiger partial charge on any atom is -0.481 e. The quantitative estimate of drug-likeness (QED) is 0.332. The molecule has 0 rings (SSSR count). The van der Waals surface area contributed by atoms with Gasteiger partial charge < -0.3 is 30.6 Å². The van der Waals surface area contributed by atoms with Crippen LogP contribution in [0.4, 0.5) is 0 Å². The molecule has 0 aliphatic carbocycles. The number of carboxylic acid groups (broad SMARTS) is 2. The van der Waals surface area contributed by atoms with Crippen LogP contribution in [0.2, 0.25) is 0 Å². The molecule has 0 aliphatic heterocycles. The van der Waals surface area contributed by atoms with Gasteiger partial charge in [-0.3, -0.25) is 9.59 Å². The molecule has 0 aromatic rings. The van der Waals surface area contributed by atoms with Gasteiger partial charge in [0.1, 0.15) is 11.8 Å². The summed E-state index contributed by atoms with van der Waals surface area (Å²) in [5.41, 5.74) is 0. The average molecular weight is 282 g/mol. The van der Waals surface area contributed by atoms with E-state index < -0.39 is 36.4 Å². The second kappa shape index (κ2) is 10.7. The number of aliphatic hydroxyl groups excluding tert-OH is 2. The van der Waals surface area contributed by atoms with Crippen LogP contribution in [0.1, 0.15) is 33.1 Å².